The van der Waals surface area contributed by atoms with Crippen LogP contribution < -0.4 is 24.7 Å². The van der Waals surface area contributed by atoms with Crippen LogP contribution in [-0.4, -0.2) is 91.3 Å². The Morgan fingerprint density at radius 1 is 1.00 bits per heavy atom. The van der Waals surface area contributed by atoms with E-state index >= 15 is 0 Å². The molecule has 0 atom stereocenters. The zero-order valence-corrected chi connectivity index (χ0v) is 23.0. The normalized spacial score (nSPS) is 15.5. The Morgan fingerprint density at radius 3 is 2.29 bits per heavy atom. The second-order valence-corrected chi connectivity index (χ2v) is 9.16. The van der Waals surface area contributed by atoms with Crippen molar-refractivity contribution in [2.45, 2.75) is 6.92 Å². The first-order chi connectivity index (χ1) is 20.5. The molecule has 0 radical (unpaired) electrons. The van der Waals surface area contributed by atoms with Gasteiger partial charge in [-0.3, -0.25) is 10.1 Å². The molecule has 2 aromatic carbocycles. The van der Waals surface area contributed by atoms with E-state index < -0.39 is 10.9 Å². The average Bonchev–Trinajstić information content (AvgIpc) is 3.03. The standard InChI is InChI=1S/C27H30N8O7/c1-2-41-23-16-19(6-7-22(23)42-24(36)20-4-3-5-21(17-20)35(37)38)18-28-32-25-29-26(33-8-12-39-13-9-33)31-27(30-25)34-10-14-40-15-11-34/h3-7,16-18H,2,8-15H2,1H3,(H,29,30,31,32)/b28-18-. The number of rotatable bonds is 10. The van der Waals surface area contributed by atoms with Gasteiger partial charge in [-0.25, -0.2) is 10.2 Å². The number of nitro benzene ring substituents is 1. The average molecular weight is 579 g/mol. The van der Waals surface area contributed by atoms with Crippen molar-refractivity contribution >= 4 is 35.7 Å². The molecule has 2 aliphatic heterocycles. The van der Waals surface area contributed by atoms with E-state index in [1.807, 2.05) is 9.80 Å². The van der Waals surface area contributed by atoms with E-state index in [9.17, 15) is 14.9 Å². The summed E-state index contributed by atoms with van der Waals surface area (Å²) in [5.41, 5.74) is 3.39. The van der Waals surface area contributed by atoms with Crippen molar-refractivity contribution in [3.63, 3.8) is 0 Å². The maximum atomic E-state index is 12.7. The van der Waals surface area contributed by atoms with Crippen molar-refractivity contribution in [1.82, 2.24) is 15.0 Å². The van der Waals surface area contributed by atoms with Crippen LogP contribution in [0.15, 0.2) is 47.6 Å². The quantitative estimate of drug-likeness (QED) is 0.123. The lowest BCUT2D eigenvalue weighted by molar-refractivity contribution is -0.384. The number of hydrazone groups is 1. The van der Waals surface area contributed by atoms with E-state index in [1.54, 1.807) is 31.3 Å². The van der Waals surface area contributed by atoms with Crippen LogP contribution in [0.1, 0.15) is 22.8 Å². The van der Waals surface area contributed by atoms with Gasteiger partial charge >= 0.3 is 5.97 Å². The van der Waals surface area contributed by atoms with Crippen molar-refractivity contribution in [2.24, 2.45) is 5.10 Å². The van der Waals surface area contributed by atoms with Crippen LogP contribution in [0.2, 0.25) is 0 Å². The van der Waals surface area contributed by atoms with E-state index in [1.165, 1.54) is 18.2 Å². The van der Waals surface area contributed by atoms with E-state index in [-0.39, 0.29) is 22.9 Å². The Hall–Kier alpha value is -4.89. The van der Waals surface area contributed by atoms with Gasteiger partial charge in [0.05, 0.1) is 49.7 Å². The molecule has 42 heavy (non-hydrogen) atoms. The molecule has 5 rings (SSSR count). The van der Waals surface area contributed by atoms with Gasteiger partial charge in [-0.15, -0.1) is 0 Å². The van der Waals surface area contributed by atoms with E-state index in [0.29, 0.717) is 82.4 Å². The smallest absolute Gasteiger partial charge is 0.343 e. The lowest BCUT2D eigenvalue weighted by atomic mass is 10.2. The number of hydrogen-bond donors (Lipinski definition) is 1. The first-order valence-corrected chi connectivity index (χ1v) is 13.4. The van der Waals surface area contributed by atoms with E-state index in [0.717, 1.165) is 6.07 Å². The predicted octanol–water partition coefficient (Wildman–Crippen LogP) is 2.52. The summed E-state index contributed by atoms with van der Waals surface area (Å²) in [6, 6.07) is 10.2. The number of nitrogens with zero attached hydrogens (tertiary/aromatic N) is 7. The number of anilines is 3. The minimum Gasteiger partial charge on any atom is -0.490 e. The Kier molecular flexibility index (Phi) is 9.30. The molecule has 2 aliphatic rings. The van der Waals surface area contributed by atoms with Crippen LogP contribution in [0.4, 0.5) is 23.5 Å². The van der Waals surface area contributed by atoms with E-state index in [2.05, 4.69) is 25.5 Å². The molecule has 2 saturated heterocycles. The molecule has 0 aliphatic carbocycles. The zero-order valence-electron chi connectivity index (χ0n) is 23.0. The highest BCUT2D eigenvalue weighted by Crippen LogP contribution is 2.29. The van der Waals surface area contributed by atoms with Gasteiger partial charge in [0.1, 0.15) is 0 Å². The number of carbonyl (C=O) groups is 1. The number of nitro groups is 1. The number of carbonyl (C=O) groups excluding carboxylic acids is 1. The number of ether oxygens (including phenoxy) is 4. The minimum atomic E-state index is -0.746. The SMILES string of the molecule is CCOc1cc(/C=N\Nc2nc(N3CCOCC3)nc(N3CCOCC3)n2)ccc1OC(=O)c1cccc([N+](=O)[O-])c1. The van der Waals surface area contributed by atoms with Crippen LogP contribution in [0.3, 0.4) is 0 Å². The molecule has 3 aromatic rings. The summed E-state index contributed by atoms with van der Waals surface area (Å²) < 4.78 is 22.1. The molecule has 15 heteroatoms. The molecule has 220 valence electrons. The molecule has 0 saturated carbocycles. The molecular weight excluding hydrogens is 548 g/mol. The summed E-state index contributed by atoms with van der Waals surface area (Å²) in [4.78, 5) is 41.1. The number of aromatic nitrogens is 3. The van der Waals surface area contributed by atoms with Crippen molar-refractivity contribution in [3.05, 3.63) is 63.7 Å². The summed E-state index contributed by atoms with van der Waals surface area (Å²) >= 11 is 0. The summed E-state index contributed by atoms with van der Waals surface area (Å²) in [5.74, 6) is 1.11. The fourth-order valence-electron chi connectivity index (χ4n) is 4.24. The molecule has 2 fully saturated rings. The van der Waals surface area contributed by atoms with Gasteiger partial charge in [0.25, 0.3) is 5.69 Å². The first-order valence-electron chi connectivity index (χ1n) is 13.4. The second-order valence-electron chi connectivity index (χ2n) is 9.16. The van der Waals surface area contributed by atoms with Gasteiger partial charge in [-0.1, -0.05) is 6.07 Å². The fraction of sp³-hybridized carbons (Fsp3) is 0.370. The van der Waals surface area contributed by atoms with Crippen LogP contribution in [0.25, 0.3) is 0 Å². The third-order valence-corrected chi connectivity index (χ3v) is 6.34. The summed E-state index contributed by atoms with van der Waals surface area (Å²) in [5, 5.41) is 15.4. The Balaban J connectivity index is 1.31. The van der Waals surface area contributed by atoms with Crippen LogP contribution in [-0.2, 0) is 9.47 Å². The third kappa shape index (κ3) is 7.24. The van der Waals surface area contributed by atoms with Crippen LogP contribution in [0.5, 0.6) is 11.5 Å². The summed E-state index contributed by atoms with van der Waals surface area (Å²) in [7, 11) is 0. The molecule has 15 nitrogen and oxygen atoms in total. The van der Waals surface area contributed by atoms with Gasteiger partial charge in [-0.05, 0) is 36.8 Å². The van der Waals surface area contributed by atoms with Gasteiger partial charge < -0.3 is 28.7 Å². The van der Waals surface area contributed by atoms with Gasteiger partial charge in [0.2, 0.25) is 17.8 Å². The highest BCUT2D eigenvalue weighted by Gasteiger charge is 2.21. The van der Waals surface area contributed by atoms with Gasteiger partial charge in [-0.2, -0.15) is 20.1 Å². The molecule has 0 spiro atoms. The third-order valence-electron chi connectivity index (χ3n) is 6.34. The monoisotopic (exact) mass is 578 g/mol. The largest absolute Gasteiger partial charge is 0.490 e. The summed E-state index contributed by atoms with van der Waals surface area (Å²) in [6.07, 6.45) is 1.56. The Bertz CT molecular complexity index is 1410. The molecule has 0 bridgehead atoms. The maximum absolute atomic E-state index is 12.7. The van der Waals surface area contributed by atoms with Crippen molar-refractivity contribution in [1.29, 1.82) is 0 Å². The van der Waals surface area contributed by atoms with Gasteiger partial charge in [0, 0.05) is 38.3 Å². The van der Waals surface area contributed by atoms with E-state index in [4.69, 9.17) is 18.9 Å². The predicted molar refractivity (Wildman–Crippen MR) is 153 cm³/mol. The lowest BCUT2D eigenvalue weighted by Crippen LogP contribution is -2.40. The zero-order chi connectivity index (χ0) is 29.3. The number of hydrogen-bond acceptors (Lipinski definition) is 14. The number of morpholine rings is 2. The highest BCUT2D eigenvalue weighted by atomic mass is 16.6. The molecule has 1 aromatic heterocycles. The molecular formula is C27H30N8O7. The fourth-order valence-corrected chi connectivity index (χ4v) is 4.24. The van der Waals surface area contributed by atoms with Gasteiger partial charge in [0.15, 0.2) is 11.5 Å². The Morgan fingerprint density at radius 2 is 1.67 bits per heavy atom. The van der Waals surface area contributed by atoms with Crippen LogP contribution >= 0.6 is 0 Å². The number of nitrogens with one attached hydrogen (secondary N) is 1. The molecule has 1 N–H and O–H groups in total. The number of esters is 1. The maximum Gasteiger partial charge on any atom is 0.343 e. The first kappa shape index (κ1) is 28.6. The van der Waals surface area contributed by atoms with Crippen molar-refractivity contribution < 1.29 is 28.7 Å². The molecule has 0 amide bonds. The second kappa shape index (κ2) is 13.6. The topological polar surface area (TPSA) is 167 Å². The lowest BCUT2D eigenvalue weighted by Gasteiger charge is -2.30. The Labute approximate surface area is 241 Å². The summed E-state index contributed by atoms with van der Waals surface area (Å²) in [6.45, 7) is 7.20. The van der Waals surface area contributed by atoms with Crippen molar-refractivity contribution in [2.75, 3.05) is 74.4 Å². The molecule has 3 heterocycles. The molecule has 0 unspecified atom stereocenters. The minimum absolute atomic E-state index is 0.0479. The van der Waals surface area contributed by atoms with Crippen LogP contribution in [0, 0.1) is 10.1 Å². The number of benzene rings is 2. The van der Waals surface area contributed by atoms with Crippen molar-refractivity contribution in [3.8, 4) is 11.5 Å². The highest BCUT2D eigenvalue weighted by molar-refractivity contribution is 5.92. The number of non-ortho nitro benzene ring substituents is 1.